The molecular formula is C10H23N. The van der Waals surface area contributed by atoms with Crippen molar-refractivity contribution < 1.29 is 0 Å². The maximum atomic E-state index is 5.63. The summed E-state index contributed by atoms with van der Waals surface area (Å²) in [6.07, 6.45) is 3.93. The Labute approximate surface area is 71.4 Å². The van der Waals surface area contributed by atoms with Crippen LogP contribution in [0.25, 0.3) is 0 Å². The maximum absolute atomic E-state index is 5.63. The van der Waals surface area contributed by atoms with E-state index in [4.69, 9.17) is 5.73 Å². The van der Waals surface area contributed by atoms with E-state index < -0.39 is 0 Å². The first kappa shape index (κ1) is 11.0. The molecular weight excluding hydrogens is 134 g/mol. The molecule has 0 saturated carbocycles. The van der Waals surface area contributed by atoms with Crippen molar-refractivity contribution in [2.75, 3.05) is 6.54 Å². The van der Waals surface area contributed by atoms with E-state index >= 15 is 0 Å². The predicted molar refractivity (Wildman–Crippen MR) is 51.5 cm³/mol. The Bertz CT molecular complexity index is 97.0. The molecule has 0 amide bonds. The molecule has 0 heterocycles. The highest BCUT2D eigenvalue weighted by Gasteiger charge is 2.23. The molecule has 2 N–H and O–H groups in total. The van der Waals surface area contributed by atoms with Crippen LogP contribution >= 0.6 is 0 Å². The summed E-state index contributed by atoms with van der Waals surface area (Å²) < 4.78 is 0. The number of hydrogen-bond acceptors (Lipinski definition) is 1. The lowest BCUT2D eigenvalue weighted by Crippen LogP contribution is -2.28. The Morgan fingerprint density at radius 2 is 1.91 bits per heavy atom. The Morgan fingerprint density at radius 3 is 2.27 bits per heavy atom. The fourth-order valence-electron chi connectivity index (χ4n) is 1.20. The zero-order valence-electron chi connectivity index (χ0n) is 8.48. The second-order valence-electron chi connectivity index (χ2n) is 4.23. The van der Waals surface area contributed by atoms with Gasteiger partial charge in [0.25, 0.3) is 0 Å². The molecule has 0 aromatic carbocycles. The van der Waals surface area contributed by atoms with E-state index in [1.54, 1.807) is 0 Å². The fourth-order valence-corrected chi connectivity index (χ4v) is 1.20. The van der Waals surface area contributed by atoms with Crippen molar-refractivity contribution in [1.29, 1.82) is 0 Å². The molecule has 0 aromatic heterocycles. The summed E-state index contributed by atoms with van der Waals surface area (Å²) in [4.78, 5) is 0. The van der Waals surface area contributed by atoms with Crippen molar-refractivity contribution in [3.05, 3.63) is 0 Å². The van der Waals surface area contributed by atoms with Crippen LogP contribution in [0.1, 0.15) is 47.0 Å². The fraction of sp³-hybridized carbons (Fsp3) is 1.00. The molecule has 0 radical (unpaired) electrons. The van der Waals surface area contributed by atoms with Gasteiger partial charge >= 0.3 is 0 Å². The molecule has 0 aliphatic rings. The van der Waals surface area contributed by atoms with Crippen LogP contribution in [0, 0.1) is 11.3 Å². The van der Waals surface area contributed by atoms with Gasteiger partial charge in [0, 0.05) is 0 Å². The molecule has 0 spiro atoms. The van der Waals surface area contributed by atoms with Gasteiger partial charge in [-0.25, -0.2) is 0 Å². The van der Waals surface area contributed by atoms with E-state index in [0.29, 0.717) is 11.3 Å². The van der Waals surface area contributed by atoms with Crippen molar-refractivity contribution in [2.45, 2.75) is 47.0 Å². The number of rotatable bonds is 5. The Balaban J connectivity index is 3.77. The maximum Gasteiger partial charge on any atom is -0.00464 e. The predicted octanol–water partition coefficient (Wildman–Crippen LogP) is 2.80. The average Bonchev–Trinajstić information content (AvgIpc) is 1.99. The van der Waals surface area contributed by atoms with Crippen LogP contribution in [0.4, 0.5) is 0 Å². The third kappa shape index (κ3) is 3.76. The lowest BCUT2D eigenvalue weighted by Gasteiger charge is -2.30. The second-order valence-corrected chi connectivity index (χ2v) is 4.23. The van der Waals surface area contributed by atoms with E-state index in [-0.39, 0.29) is 0 Å². The van der Waals surface area contributed by atoms with Gasteiger partial charge in [-0.05, 0) is 24.3 Å². The molecule has 68 valence electrons. The van der Waals surface area contributed by atoms with Crippen molar-refractivity contribution in [1.82, 2.24) is 0 Å². The highest BCUT2D eigenvalue weighted by Crippen LogP contribution is 2.31. The Kier molecular flexibility index (Phi) is 4.74. The molecule has 0 aliphatic heterocycles. The van der Waals surface area contributed by atoms with Gasteiger partial charge in [-0.3, -0.25) is 0 Å². The van der Waals surface area contributed by atoms with Crippen LogP contribution < -0.4 is 5.73 Å². The standard InChI is InChI=1S/C10H23N/c1-5-6-7-10(3,4)9(2)8-11/h9H,5-8,11H2,1-4H3. The summed E-state index contributed by atoms with van der Waals surface area (Å²) in [5, 5.41) is 0. The summed E-state index contributed by atoms with van der Waals surface area (Å²) >= 11 is 0. The van der Waals surface area contributed by atoms with Gasteiger partial charge in [0.05, 0.1) is 0 Å². The molecule has 1 atom stereocenters. The van der Waals surface area contributed by atoms with E-state index in [9.17, 15) is 0 Å². The van der Waals surface area contributed by atoms with E-state index in [0.717, 1.165) is 6.54 Å². The molecule has 0 saturated heterocycles. The van der Waals surface area contributed by atoms with Crippen LogP contribution in [0.3, 0.4) is 0 Å². The second kappa shape index (κ2) is 4.76. The first-order chi connectivity index (χ1) is 5.04. The SMILES string of the molecule is CCCCC(C)(C)C(C)CN. The molecule has 11 heavy (non-hydrogen) atoms. The minimum absolute atomic E-state index is 0.435. The van der Waals surface area contributed by atoms with Crippen molar-refractivity contribution >= 4 is 0 Å². The topological polar surface area (TPSA) is 26.0 Å². The monoisotopic (exact) mass is 157 g/mol. The highest BCUT2D eigenvalue weighted by molar-refractivity contribution is 4.75. The summed E-state index contributed by atoms with van der Waals surface area (Å²) in [7, 11) is 0. The zero-order chi connectivity index (χ0) is 8.91. The number of unbranched alkanes of at least 4 members (excludes halogenated alkanes) is 1. The third-order valence-corrected chi connectivity index (χ3v) is 2.86. The first-order valence-corrected chi connectivity index (χ1v) is 4.74. The molecule has 1 heteroatoms. The van der Waals surface area contributed by atoms with Gasteiger partial charge in [0.2, 0.25) is 0 Å². The summed E-state index contributed by atoms with van der Waals surface area (Å²) in [6.45, 7) is 9.94. The molecule has 0 aromatic rings. The van der Waals surface area contributed by atoms with Crippen LogP contribution in [-0.2, 0) is 0 Å². The van der Waals surface area contributed by atoms with E-state index in [2.05, 4.69) is 27.7 Å². The van der Waals surface area contributed by atoms with Crippen LogP contribution in [0.2, 0.25) is 0 Å². The summed E-state index contributed by atoms with van der Waals surface area (Å²) in [5.74, 6) is 0.647. The lowest BCUT2D eigenvalue weighted by atomic mass is 9.76. The van der Waals surface area contributed by atoms with Gasteiger partial charge in [-0.15, -0.1) is 0 Å². The quantitative estimate of drug-likeness (QED) is 0.652. The minimum Gasteiger partial charge on any atom is -0.330 e. The van der Waals surface area contributed by atoms with Gasteiger partial charge in [0.15, 0.2) is 0 Å². The van der Waals surface area contributed by atoms with Crippen molar-refractivity contribution in [2.24, 2.45) is 17.1 Å². The van der Waals surface area contributed by atoms with Crippen LogP contribution in [0.15, 0.2) is 0 Å². The largest absolute Gasteiger partial charge is 0.330 e. The molecule has 1 nitrogen and oxygen atoms in total. The van der Waals surface area contributed by atoms with Gasteiger partial charge in [-0.1, -0.05) is 40.5 Å². The molecule has 0 rings (SSSR count). The normalized spacial score (nSPS) is 15.0. The summed E-state index contributed by atoms with van der Waals surface area (Å²) in [6, 6.07) is 0. The van der Waals surface area contributed by atoms with E-state index in [1.807, 2.05) is 0 Å². The highest BCUT2D eigenvalue weighted by atomic mass is 14.6. The lowest BCUT2D eigenvalue weighted by molar-refractivity contribution is 0.212. The minimum atomic E-state index is 0.435. The molecule has 0 fully saturated rings. The smallest absolute Gasteiger partial charge is 0.00464 e. The number of nitrogens with two attached hydrogens (primary N) is 1. The third-order valence-electron chi connectivity index (χ3n) is 2.86. The van der Waals surface area contributed by atoms with E-state index in [1.165, 1.54) is 19.3 Å². The van der Waals surface area contributed by atoms with Gasteiger partial charge < -0.3 is 5.73 Å². The van der Waals surface area contributed by atoms with Crippen molar-refractivity contribution in [3.8, 4) is 0 Å². The number of hydrogen-bond donors (Lipinski definition) is 1. The summed E-state index contributed by atoms with van der Waals surface area (Å²) in [5.41, 5.74) is 6.07. The average molecular weight is 157 g/mol. The van der Waals surface area contributed by atoms with Gasteiger partial charge in [0.1, 0.15) is 0 Å². The Morgan fingerprint density at radius 1 is 1.36 bits per heavy atom. The molecule has 0 aliphatic carbocycles. The van der Waals surface area contributed by atoms with Gasteiger partial charge in [-0.2, -0.15) is 0 Å². The molecule has 1 unspecified atom stereocenters. The van der Waals surface area contributed by atoms with Crippen LogP contribution in [-0.4, -0.2) is 6.54 Å². The molecule has 0 bridgehead atoms. The van der Waals surface area contributed by atoms with Crippen molar-refractivity contribution in [3.63, 3.8) is 0 Å². The van der Waals surface area contributed by atoms with Crippen LogP contribution in [0.5, 0.6) is 0 Å². The Hall–Kier alpha value is -0.0400. The zero-order valence-corrected chi connectivity index (χ0v) is 8.48. The first-order valence-electron chi connectivity index (χ1n) is 4.74.